The number of nitriles is 1. The molecule has 0 spiro atoms. The van der Waals surface area contributed by atoms with Crippen LogP contribution in [0.5, 0.6) is 0 Å². The number of hydrogen-bond donors (Lipinski definition) is 1. The maximum absolute atomic E-state index is 12.8. The van der Waals surface area contributed by atoms with E-state index in [1.807, 2.05) is 19.9 Å². The first-order valence-electron chi connectivity index (χ1n) is 11.2. The van der Waals surface area contributed by atoms with Crippen molar-refractivity contribution >= 4 is 22.6 Å². The fraction of sp³-hybridized carbons (Fsp3) is 0.360. The Labute approximate surface area is 196 Å². The summed E-state index contributed by atoms with van der Waals surface area (Å²) in [5.74, 6) is -0.424. The van der Waals surface area contributed by atoms with Crippen LogP contribution in [0, 0.1) is 17.2 Å². The lowest BCUT2D eigenvalue weighted by Crippen LogP contribution is -2.39. The van der Waals surface area contributed by atoms with Crippen molar-refractivity contribution < 1.29 is 9.59 Å². The molecule has 1 amide bonds. The fourth-order valence-electron chi connectivity index (χ4n) is 3.89. The van der Waals surface area contributed by atoms with Crippen molar-refractivity contribution in [1.82, 2.24) is 19.4 Å². The van der Waals surface area contributed by atoms with Gasteiger partial charge in [-0.1, -0.05) is 13.0 Å². The van der Waals surface area contributed by atoms with Crippen molar-refractivity contribution in [3.63, 3.8) is 0 Å². The highest BCUT2D eigenvalue weighted by Crippen LogP contribution is 2.14. The van der Waals surface area contributed by atoms with Crippen LogP contribution in [0.15, 0.2) is 46.1 Å². The Balaban J connectivity index is 1.65. The number of amides is 1. The lowest BCUT2D eigenvalue weighted by atomic mass is 9.99. The predicted molar refractivity (Wildman–Crippen MR) is 128 cm³/mol. The molecule has 2 heterocycles. The summed E-state index contributed by atoms with van der Waals surface area (Å²) in [7, 11) is 0. The summed E-state index contributed by atoms with van der Waals surface area (Å²) >= 11 is 0. The standard InChI is InChI=1S/C25H27N5O4/c1-4-29-22-9-6-17(12-21(22)24(33)30(5-2)25(29)34)11-20(31)10-16(3)14-28-23(32)18-7-8-19(13-26)27-15-18/h6-9,12,15-16H,4-5,10-11,14H2,1-3H3,(H,28,32). The first kappa shape index (κ1) is 24.6. The summed E-state index contributed by atoms with van der Waals surface area (Å²) in [4.78, 5) is 54.0. The lowest BCUT2D eigenvalue weighted by molar-refractivity contribution is -0.119. The molecule has 0 saturated heterocycles. The van der Waals surface area contributed by atoms with Crippen LogP contribution < -0.4 is 16.6 Å². The van der Waals surface area contributed by atoms with Gasteiger partial charge in [-0.25, -0.2) is 9.78 Å². The van der Waals surface area contributed by atoms with E-state index in [-0.39, 0.29) is 53.9 Å². The van der Waals surface area contributed by atoms with Crippen LogP contribution in [0.4, 0.5) is 0 Å². The van der Waals surface area contributed by atoms with Gasteiger partial charge < -0.3 is 5.32 Å². The largest absolute Gasteiger partial charge is 0.352 e. The number of ketones is 1. The topological polar surface area (TPSA) is 127 Å². The van der Waals surface area contributed by atoms with Crippen LogP contribution in [0.25, 0.3) is 10.9 Å². The van der Waals surface area contributed by atoms with Gasteiger partial charge in [0.05, 0.1) is 16.5 Å². The average Bonchev–Trinajstić information content (AvgIpc) is 2.83. The zero-order chi connectivity index (χ0) is 24.8. The average molecular weight is 462 g/mol. The molecular formula is C25H27N5O4. The quantitative estimate of drug-likeness (QED) is 0.520. The van der Waals surface area contributed by atoms with E-state index in [9.17, 15) is 19.2 Å². The molecule has 3 aromatic rings. The van der Waals surface area contributed by atoms with Gasteiger partial charge in [-0.15, -0.1) is 0 Å². The predicted octanol–water partition coefficient (Wildman–Crippen LogP) is 2.04. The molecule has 0 radical (unpaired) electrons. The number of aryl methyl sites for hydroxylation is 1. The van der Waals surface area contributed by atoms with Crippen molar-refractivity contribution in [1.29, 1.82) is 5.26 Å². The minimum absolute atomic E-state index is 0.0132. The summed E-state index contributed by atoms with van der Waals surface area (Å²) in [6.45, 7) is 6.50. The molecule has 1 atom stereocenters. The number of aromatic nitrogens is 3. The number of rotatable bonds is 9. The van der Waals surface area contributed by atoms with Gasteiger partial charge in [0.25, 0.3) is 11.5 Å². The highest BCUT2D eigenvalue weighted by molar-refractivity contribution is 5.94. The molecule has 176 valence electrons. The molecule has 9 heteroatoms. The number of carbonyl (C=O) groups excluding carboxylic acids is 2. The summed E-state index contributed by atoms with van der Waals surface area (Å²) in [6, 6.07) is 10.1. The third-order valence-corrected chi connectivity index (χ3v) is 5.65. The zero-order valence-electron chi connectivity index (χ0n) is 19.5. The summed E-state index contributed by atoms with van der Waals surface area (Å²) in [6.07, 6.45) is 1.76. The van der Waals surface area contributed by atoms with Crippen LogP contribution in [0.3, 0.4) is 0 Å². The summed E-state index contributed by atoms with van der Waals surface area (Å²) < 4.78 is 2.76. The minimum atomic E-state index is -0.352. The molecule has 0 aliphatic carbocycles. The van der Waals surface area contributed by atoms with E-state index < -0.39 is 0 Å². The number of nitrogens with one attached hydrogen (secondary N) is 1. The van der Waals surface area contributed by atoms with Crippen LogP contribution in [0.2, 0.25) is 0 Å². The maximum atomic E-state index is 12.8. The number of carbonyl (C=O) groups is 2. The third kappa shape index (κ3) is 5.29. The van der Waals surface area contributed by atoms with E-state index >= 15 is 0 Å². The molecule has 1 aromatic carbocycles. The van der Waals surface area contributed by atoms with Crippen LogP contribution >= 0.6 is 0 Å². The normalized spacial score (nSPS) is 11.7. The number of fused-ring (bicyclic) bond motifs is 1. The van der Waals surface area contributed by atoms with Crippen molar-refractivity contribution in [2.45, 2.75) is 46.7 Å². The molecule has 0 bridgehead atoms. The Morgan fingerprint density at radius 3 is 2.47 bits per heavy atom. The maximum Gasteiger partial charge on any atom is 0.331 e. The second kappa shape index (κ2) is 10.7. The second-order valence-corrected chi connectivity index (χ2v) is 8.21. The molecule has 2 aromatic heterocycles. The first-order chi connectivity index (χ1) is 16.3. The van der Waals surface area contributed by atoms with Gasteiger partial charge in [0.1, 0.15) is 17.5 Å². The number of pyridine rings is 1. The molecule has 0 saturated carbocycles. The lowest BCUT2D eigenvalue weighted by Gasteiger charge is -2.14. The van der Waals surface area contributed by atoms with Gasteiger partial charge in [0.15, 0.2) is 0 Å². The van der Waals surface area contributed by atoms with Crippen LogP contribution in [-0.2, 0) is 24.3 Å². The van der Waals surface area contributed by atoms with Gasteiger partial charge in [-0.05, 0) is 49.6 Å². The molecule has 1 unspecified atom stereocenters. The first-order valence-corrected chi connectivity index (χ1v) is 11.2. The highest BCUT2D eigenvalue weighted by atomic mass is 16.2. The van der Waals surface area contributed by atoms with Gasteiger partial charge >= 0.3 is 5.69 Å². The number of hydrogen-bond acceptors (Lipinski definition) is 6. The van der Waals surface area contributed by atoms with Crippen molar-refractivity contribution in [3.8, 4) is 6.07 Å². The molecule has 1 N–H and O–H groups in total. The molecule has 9 nitrogen and oxygen atoms in total. The van der Waals surface area contributed by atoms with Crippen LogP contribution in [-0.4, -0.2) is 32.4 Å². The van der Waals surface area contributed by atoms with Crippen molar-refractivity contribution in [2.75, 3.05) is 6.54 Å². The highest BCUT2D eigenvalue weighted by Gasteiger charge is 2.15. The molecular weight excluding hydrogens is 434 g/mol. The minimum Gasteiger partial charge on any atom is -0.352 e. The van der Waals surface area contributed by atoms with Gasteiger partial charge in [-0.2, -0.15) is 5.26 Å². The summed E-state index contributed by atoms with van der Waals surface area (Å²) in [5.41, 5.74) is 1.16. The Bertz CT molecular complexity index is 1380. The van der Waals surface area contributed by atoms with Gasteiger partial charge in [0.2, 0.25) is 0 Å². The molecule has 34 heavy (non-hydrogen) atoms. The SMILES string of the molecule is CCn1c(=O)c2cc(CC(=O)CC(C)CNC(=O)c3ccc(C#N)nc3)ccc2n(CC)c1=O. The number of nitrogens with zero attached hydrogens (tertiary/aromatic N) is 4. The van der Waals surface area contributed by atoms with Crippen LogP contribution in [0.1, 0.15) is 48.8 Å². The monoisotopic (exact) mass is 461 g/mol. The van der Waals surface area contributed by atoms with E-state index in [2.05, 4.69) is 10.3 Å². The van der Waals surface area contributed by atoms with E-state index in [1.165, 1.54) is 22.9 Å². The van der Waals surface area contributed by atoms with Gasteiger partial charge in [-0.3, -0.25) is 23.5 Å². The number of Topliss-reactive ketones (excluding diaryl/α,β-unsaturated/α-hetero) is 1. The van der Waals surface area contributed by atoms with E-state index in [1.54, 1.807) is 29.7 Å². The van der Waals surface area contributed by atoms with E-state index in [4.69, 9.17) is 5.26 Å². The van der Waals surface area contributed by atoms with E-state index in [0.717, 1.165) is 0 Å². The Hall–Kier alpha value is -4.06. The second-order valence-electron chi connectivity index (χ2n) is 8.21. The Morgan fingerprint density at radius 1 is 1.12 bits per heavy atom. The Morgan fingerprint density at radius 2 is 1.85 bits per heavy atom. The van der Waals surface area contributed by atoms with E-state index in [0.29, 0.717) is 35.1 Å². The third-order valence-electron chi connectivity index (χ3n) is 5.65. The molecule has 0 aliphatic rings. The molecule has 3 rings (SSSR count). The summed E-state index contributed by atoms with van der Waals surface area (Å²) in [5, 5.41) is 12.0. The van der Waals surface area contributed by atoms with Crippen molar-refractivity contribution in [2.24, 2.45) is 5.92 Å². The Kier molecular flexibility index (Phi) is 7.74. The van der Waals surface area contributed by atoms with Crippen molar-refractivity contribution in [3.05, 3.63) is 74.2 Å². The van der Waals surface area contributed by atoms with Gasteiger partial charge in [0, 0.05) is 38.7 Å². The molecule has 0 aliphatic heterocycles. The molecule has 0 fully saturated rings. The fourth-order valence-corrected chi connectivity index (χ4v) is 3.89. The zero-order valence-corrected chi connectivity index (χ0v) is 19.5. The number of benzene rings is 1. The smallest absolute Gasteiger partial charge is 0.331 e.